The van der Waals surface area contributed by atoms with Gasteiger partial charge in [0.25, 0.3) is 0 Å². The van der Waals surface area contributed by atoms with Gasteiger partial charge in [0.1, 0.15) is 5.75 Å². The Morgan fingerprint density at radius 2 is 2.31 bits per heavy atom. The monoisotopic (exact) mass is 220 g/mol. The number of likely N-dealkylation sites (N-methyl/N-ethyl adjacent to an activating group) is 1. The summed E-state index contributed by atoms with van der Waals surface area (Å²) in [5.41, 5.74) is 8.30. The van der Waals surface area contributed by atoms with E-state index in [-0.39, 0.29) is 0 Å². The van der Waals surface area contributed by atoms with E-state index >= 15 is 0 Å². The van der Waals surface area contributed by atoms with Gasteiger partial charge in [0.2, 0.25) is 0 Å². The van der Waals surface area contributed by atoms with Gasteiger partial charge in [-0.2, -0.15) is 0 Å². The van der Waals surface area contributed by atoms with Gasteiger partial charge < -0.3 is 10.5 Å². The number of nitrogens with two attached hydrogens (primary N) is 1. The van der Waals surface area contributed by atoms with Crippen molar-refractivity contribution in [2.24, 2.45) is 5.73 Å². The van der Waals surface area contributed by atoms with Gasteiger partial charge in [-0.25, -0.2) is 0 Å². The van der Waals surface area contributed by atoms with Crippen LogP contribution in [0.2, 0.25) is 0 Å². The highest BCUT2D eigenvalue weighted by Gasteiger charge is 2.12. The number of hydrogen-bond acceptors (Lipinski definition) is 3. The first-order valence-corrected chi connectivity index (χ1v) is 6.00. The van der Waals surface area contributed by atoms with Crippen molar-refractivity contribution in [2.75, 3.05) is 26.2 Å². The molecule has 0 saturated heterocycles. The lowest BCUT2D eigenvalue weighted by Crippen LogP contribution is -2.28. The molecule has 2 rings (SSSR count). The summed E-state index contributed by atoms with van der Waals surface area (Å²) in [6.45, 7) is 6.73. The third-order valence-electron chi connectivity index (χ3n) is 3.05. The Balaban J connectivity index is 2.04. The van der Waals surface area contributed by atoms with Gasteiger partial charge >= 0.3 is 0 Å². The van der Waals surface area contributed by atoms with Crippen LogP contribution in [0, 0.1) is 0 Å². The molecule has 3 nitrogen and oxygen atoms in total. The molecule has 1 aliphatic rings. The predicted molar refractivity (Wildman–Crippen MR) is 65.6 cm³/mol. The van der Waals surface area contributed by atoms with Crippen LogP contribution >= 0.6 is 0 Å². The second kappa shape index (κ2) is 5.32. The average molecular weight is 220 g/mol. The molecular formula is C13H20N2O. The first-order chi connectivity index (χ1) is 7.83. The molecule has 0 unspecified atom stereocenters. The summed E-state index contributed by atoms with van der Waals surface area (Å²) in [6, 6.07) is 6.51. The Kier molecular flexibility index (Phi) is 3.80. The van der Waals surface area contributed by atoms with E-state index in [1.54, 1.807) is 0 Å². The van der Waals surface area contributed by atoms with Gasteiger partial charge in [0.05, 0.1) is 6.61 Å². The Morgan fingerprint density at radius 3 is 3.06 bits per heavy atom. The van der Waals surface area contributed by atoms with Crippen molar-refractivity contribution < 1.29 is 4.74 Å². The fourth-order valence-electron chi connectivity index (χ4n) is 2.13. The highest BCUT2D eigenvalue weighted by atomic mass is 16.5. The van der Waals surface area contributed by atoms with E-state index in [4.69, 9.17) is 10.5 Å². The number of fused-ring (bicyclic) bond motifs is 1. The second-order valence-corrected chi connectivity index (χ2v) is 4.20. The number of hydrogen-bond donors (Lipinski definition) is 1. The molecule has 2 N–H and O–H groups in total. The lowest BCUT2D eigenvalue weighted by molar-refractivity contribution is 0.288. The smallest absolute Gasteiger partial charge is 0.122 e. The molecule has 0 fully saturated rings. The molecule has 0 spiro atoms. The molecule has 0 atom stereocenters. The highest BCUT2D eigenvalue weighted by Crippen LogP contribution is 2.26. The van der Waals surface area contributed by atoms with E-state index < -0.39 is 0 Å². The molecule has 16 heavy (non-hydrogen) atoms. The molecule has 0 saturated carbocycles. The van der Waals surface area contributed by atoms with Crippen LogP contribution in [0.4, 0.5) is 0 Å². The molecule has 3 heteroatoms. The minimum Gasteiger partial charge on any atom is -0.493 e. The predicted octanol–water partition coefficient (Wildman–Crippen LogP) is 1.40. The van der Waals surface area contributed by atoms with Crippen LogP contribution in [0.1, 0.15) is 18.1 Å². The number of nitrogens with zero attached hydrogens (tertiary/aromatic N) is 1. The van der Waals surface area contributed by atoms with Crippen LogP contribution in [-0.4, -0.2) is 31.1 Å². The Labute approximate surface area is 97.2 Å². The standard InChI is InChI=1S/C13H20N2O/c1-2-15(7-6-14)10-11-3-4-13-12(9-11)5-8-16-13/h3-4,9H,2,5-8,10,14H2,1H3. The van der Waals surface area contributed by atoms with Crippen LogP contribution in [0.15, 0.2) is 18.2 Å². The molecule has 0 aliphatic carbocycles. The minimum atomic E-state index is 0.724. The van der Waals surface area contributed by atoms with Crippen molar-refractivity contribution in [1.82, 2.24) is 4.90 Å². The molecule has 0 radical (unpaired) electrons. The SMILES string of the molecule is CCN(CCN)Cc1ccc2c(c1)CCO2. The largest absolute Gasteiger partial charge is 0.493 e. The van der Waals surface area contributed by atoms with Crippen molar-refractivity contribution in [3.8, 4) is 5.75 Å². The zero-order valence-corrected chi connectivity index (χ0v) is 9.91. The van der Waals surface area contributed by atoms with Crippen LogP contribution in [0.3, 0.4) is 0 Å². The maximum absolute atomic E-state index is 5.59. The fourth-order valence-corrected chi connectivity index (χ4v) is 2.13. The van der Waals surface area contributed by atoms with E-state index in [9.17, 15) is 0 Å². The zero-order chi connectivity index (χ0) is 11.4. The molecule has 0 amide bonds. The average Bonchev–Trinajstić information content (AvgIpc) is 2.75. The van der Waals surface area contributed by atoms with Crippen molar-refractivity contribution in [3.05, 3.63) is 29.3 Å². The summed E-state index contributed by atoms with van der Waals surface area (Å²) in [6.07, 6.45) is 1.05. The van der Waals surface area contributed by atoms with Gasteiger partial charge in [0, 0.05) is 26.1 Å². The highest BCUT2D eigenvalue weighted by molar-refractivity contribution is 5.39. The van der Waals surface area contributed by atoms with Crippen LogP contribution in [-0.2, 0) is 13.0 Å². The maximum atomic E-state index is 5.59. The maximum Gasteiger partial charge on any atom is 0.122 e. The molecule has 1 aliphatic heterocycles. The van der Waals surface area contributed by atoms with E-state index in [0.717, 1.165) is 45.0 Å². The topological polar surface area (TPSA) is 38.5 Å². The van der Waals surface area contributed by atoms with E-state index in [2.05, 4.69) is 30.0 Å². The summed E-state index contributed by atoms with van der Waals surface area (Å²) < 4.78 is 5.50. The molecule has 1 aromatic carbocycles. The summed E-state index contributed by atoms with van der Waals surface area (Å²) in [7, 11) is 0. The normalized spacial score (nSPS) is 13.9. The van der Waals surface area contributed by atoms with E-state index in [0.29, 0.717) is 0 Å². The summed E-state index contributed by atoms with van der Waals surface area (Å²) in [5.74, 6) is 1.06. The van der Waals surface area contributed by atoms with Gasteiger partial charge in [-0.3, -0.25) is 4.90 Å². The van der Waals surface area contributed by atoms with Crippen molar-refractivity contribution in [3.63, 3.8) is 0 Å². The van der Waals surface area contributed by atoms with Crippen LogP contribution in [0.25, 0.3) is 0 Å². The lowest BCUT2D eigenvalue weighted by atomic mass is 10.1. The van der Waals surface area contributed by atoms with Gasteiger partial charge in [-0.05, 0) is 23.7 Å². The lowest BCUT2D eigenvalue weighted by Gasteiger charge is -2.19. The molecule has 88 valence electrons. The van der Waals surface area contributed by atoms with Gasteiger partial charge in [-0.1, -0.05) is 19.1 Å². The summed E-state index contributed by atoms with van der Waals surface area (Å²) in [4.78, 5) is 2.36. The van der Waals surface area contributed by atoms with Crippen molar-refractivity contribution in [2.45, 2.75) is 19.9 Å². The van der Waals surface area contributed by atoms with Crippen molar-refractivity contribution in [1.29, 1.82) is 0 Å². The summed E-state index contributed by atoms with van der Waals surface area (Å²) in [5, 5.41) is 0. The van der Waals surface area contributed by atoms with E-state index in [1.807, 2.05) is 0 Å². The zero-order valence-electron chi connectivity index (χ0n) is 9.91. The Bertz CT molecular complexity index is 352. The molecule has 1 aromatic rings. The number of ether oxygens (including phenoxy) is 1. The first-order valence-electron chi connectivity index (χ1n) is 6.00. The fraction of sp³-hybridized carbons (Fsp3) is 0.538. The Morgan fingerprint density at radius 1 is 1.44 bits per heavy atom. The molecule has 0 bridgehead atoms. The first kappa shape index (κ1) is 11.4. The molecule has 0 aromatic heterocycles. The number of benzene rings is 1. The minimum absolute atomic E-state index is 0.724. The van der Waals surface area contributed by atoms with Crippen LogP contribution in [0.5, 0.6) is 5.75 Å². The molecule has 1 heterocycles. The molecular weight excluding hydrogens is 200 g/mol. The quantitative estimate of drug-likeness (QED) is 0.815. The van der Waals surface area contributed by atoms with Gasteiger partial charge in [0.15, 0.2) is 0 Å². The van der Waals surface area contributed by atoms with E-state index in [1.165, 1.54) is 11.1 Å². The number of rotatable bonds is 5. The Hall–Kier alpha value is -1.06. The third kappa shape index (κ3) is 2.54. The van der Waals surface area contributed by atoms with Gasteiger partial charge in [-0.15, -0.1) is 0 Å². The second-order valence-electron chi connectivity index (χ2n) is 4.20. The van der Waals surface area contributed by atoms with Crippen molar-refractivity contribution >= 4 is 0 Å². The third-order valence-corrected chi connectivity index (χ3v) is 3.05. The van der Waals surface area contributed by atoms with Crippen LogP contribution < -0.4 is 10.5 Å². The summed E-state index contributed by atoms with van der Waals surface area (Å²) >= 11 is 0.